The van der Waals surface area contributed by atoms with Crippen LogP contribution in [0.5, 0.6) is 0 Å². The van der Waals surface area contributed by atoms with Gasteiger partial charge in [0.2, 0.25) is 0 Å². The topological polar surface area (TPSA) is 79.5 Å². The van der Waals surface area contributed by atoms with Crippen LogP contribution < -0.4 is 0 Å². The standard InChI is InChI=1S/C12H17N3O3/c1-7-10(14-18-13-7)6-15-5-8-3-2-4-9(8)11(15)12(16)17/h8-9,11H,2-6H2,1H3,(H,16,17). The van der Waals surface area contributed by atoms with E-state index in [-0.39, 0.29) is 6.04 Å². The lowest BCUT2D eigenvalue weighted by Crippen LogP contribution is -2.39. The Kier molecular flexibility index (Phi) is 2.81. The molecular weight excluding hydrogens is 234 g/mol. The summed E-state index contributed by atoms with van der Waals surface area (Å²) in [6.45, 7) is 3.21. The third kappa shape index (κ3) is 1.80. The number of aliphatic carboxylic acids is 1. The van der Waals surface area contributed by atoms with Crippen molar-refractivity contribution in [3.63, 3.8) is 0 Å². The van der Waals surface area contributed by atoms with Gasteiger partial charge in [-0.2, -0.15) is 0 Å². The van der Waals surface area contributed by atoms with Gasteiger partial charge in [0.15, 0.2) is 0 Å². The van der Waals surface area contributed by atoms with Crippen LogP contribution >= 0.6 is 0 Å². The fourth-order valence-corrected chi connectivity index (χ4v) is 3.48. The van der Waals surface area contributed by atoms with E-state index in [1.54, 1.807) is 0 Å². The van der Waals surface area contributed by atoms with Gasteiger partial charge in [0, 0.05) is 13.1 Å². The maximum absolute atomic E-state index is 11.5. The minimum Gasteiger partial charge on any atom is -0.480 e. The van der Waals surface area contributed by atoms with Gasteiger partial charge in [-0.3, -0.25) is 9.69 Å². The predicted octanol–water partition coefficient (Wildman–Crippen LogP) is 1.06. The highest BCUT2D eigenvalue weighted by molar-refractivity contribution is 5.74. The Hall–Kier alpha value is -1.43. The molecule has 0 amide bonds. The molecule has 1 aromatic heterocycles. The van der Waals surface area contributed by atoms with Gasteiger partial charge >= 0.3 is 5.97 Å². The molecule has 0 bridgehead atoms. The zero-order chi connectivity index (χ0) is 12.7. The second kappa shape index (κ2) is 4.35. The number of carbonyl (C=O) groups is 1. The number of hydrogen-bond acceptors (Lipinski definition) is 5. The molecular formula is C12H17N3O3. The van der Waals surface area contributed by atoms with E-state index in [1.165, 1.54) is 0 Å². The van der Waals surface area contributed by atoms with Crippen LogP contribution in [0, 0.1) is 18.8 Å². The number of fused-ring (bicyclic) bond motifs is 1. The monoisotopic (exact) mass is 251 g/mol. The van der Waals surface area contributed by atoms with E-state index < -0.39 is 5.97 Å². The molecule has 18 heavy (non-hydrogen) atoms. The number of aryl methyl sites for hydroxylation is 1. The zero-order valence-electron chi connectivity index (χ0n) is 10.4. The number of carboxylic acid groups (broad SMARTS) is 1. The molecule has 1 saturated carbocycles. The molecule has 2 fully saturated rings. The lowest BCUT2D eigenvalue weighted by Gasteiger charge is -2.23. The van der Waals surface area contributed by atoms with E-state index in [1.807, 2.05) is 11.8 Å². The number of likely N-dealkylation sites (tertiary alicyclic amines) is 1. The van der Waals surface area contributed by atoms with E-state index in [0.29, 0.717) is 18.4 Å². The molecule has 1 N–H and O–H groups in total. The third-order valence-corrected chi connectivity index (χ3v) is 4.34. The quantitative estimate of drug-likeness (QED) is 0.865. The van der Waals surface area contributed by atoms with Crippen LogP contribution in [0.25, 0.3) is 0 Å². The predicted molar refractivity (Wildman–Crippen MR) is 61.7 cm³/mol. The third-order valence-electron chi connectivity index (χ3n) is 4.34. The molecule has 6 heteroatoms. The van der Waals surface area contributed by atoms with Crippen molar-refractivity contribution in [2.24, 2.45) is 11.8 Å². The van der Waals surface area contributed by atoms with E-state index in [0.717, 1.165) is 37.2 Å². The highest BCUT2D eigenvalue weighted by Crippen LogP contribution is 2.42. The van der Waals surface area contributed by atoms with Gasteiger partial charge in [0.05, 0.1) is 0 Å². The lowest BCUT2D eigenvalue weighted by atomic mass is 9.94. The fourth-order valence-electron chi connectivity index (χ4n) is 3.48. The highest BCUT2D eigenvalue weighted by Gasteiger charge is 2.47. The molecule has 1 saturated heterocycles. The Morgan fingerprint density at radius 1 is 1.50 bits per heavy atom. The summed E-state index contributed by atoms with van der Waals surface area (Å²) in [7, 11) is 0. The largest absolute Gasteiger partial charge is 0.480 e. The lowest BCUT2D eigenvalue weighted by molar-refractivity contribution is -0.143. The van der Waals surface area contributed by atoms with Crippen LogP contribution in [-0.2, 0) is 11.3 Å². The second-order valence-corrected chi connectivity index (χ2v) is 5.36. The van der Waals surface area contributed by atoms with E-state index in [9.17, 15) is 9.90 Å². The highest BCUT2D eigenvalue weighted by atomic mass is 16.6. The second-order valence-electron chi connectivity index (χ2n) is 5.36. The van der Waals surface area contributed by atoms with Crippen molar-refractivity contribution in [2.75, 3.05) is 6.54 Å². The van der Waals surface area contributed by atoms with Crippen molar-refractivity contribution in [3.05, 3.63) is 11.4 Å². The molecule has 3 atom stereocenters. The first-order chi connectivity index (χ1) is 8.66. The molecule has 2 heterocycles. The Balaban J connectivity index is 1.79. The number of carboxylic acids is 1. The summed E-state index contributed by atoms with van der Waals surface area (Å²) in [6.07, 6.45) is 3.35. The van der Waals surface area contributed by atoms with Crippen molar-refractivity contribution in [2.45, 2.75) is 38.8 Å². The van der Waals surface area contributed by atoms with E-state index >= 15 is 0 Å². The first-order valence-electron chi connectivity index (χ1n) is 6.41. The molecule has 2 aliphatic rings. The van der Waals surface area contributed by atoms with Gasteiger partial charge < -0.3 is 5.11 Å². The number of nitrogens with zero attached hydrogens (tertiary/aromatic N) is 3. The first kappa shape index (κ1) is 11.6. The average Bonchev–Trinajstić information content (AvgIpc) is 2.95. The van der Waals surface area contributed by atoms with Crippen molar-refractivity contribution < 1.29 is 14.5 Å². The van der Waals surface area contributed by atoms with Gasteiger partial charge in [-0.15, -0.1) is 0 Å². The van der Waals surface area contributed by atoms with E-state index in [4.69, 9.17) is 0 Å². The Morgan fingerprint density at radius 2 is 2.33 bits per heavy atom. The molecule has 98 valence electrons. The van der Waals surface area contributed by atoms with Crippen LogP contribution in [0.3, 0.4) is 0 Å². The molecule has 1 aromatic rings. The SMILES string of the molecule is Cc1nonc1CN1CC2CCCC2C1C(=O)O. The summed E-state index contributed by atoms with van der Waals surface area (Å²) < 4.78 is 4.67. The smallest absolute Gasteiger partial charge is 0.321 e. The maximum atomic E-state index is 11.5. The van der Waals surface area contributed by atoms with Crippen LogP contribution in [0.4, 0.5) is 0 Å². The van der Waals surface area contributed by atoms with Crippen LogP contribution in [0.15, 0.2) is 4.63 Å². The molecule has 0 aromatic carbocycles. The van der Waals surface area contributed by atoms with Gasteiger partial charge in [0.1, 0.15) is 17.4 Å². The zero-order valence-corrected chi connectivity index (χ0v) is 10.4. The molecule has 3 unspecified atom stereocenters. The van der Waals surface area contributed by atoms with Crippen molar-refractivity contribution in [3.8, 4) is 0 Å². The van der Waals surface area contributed by atoms with Crippen molar-refractivity contribution in [1.29, 1.82) is 0 Å². The van der Waals surface area contributed by atoms with Gasteiger partial charge in [-0.1, -0.05) is 16.7 Å². The summed E-state index contributed by atoms with van der Waals surface area (Å²) >= 11 is 0. The van der Waals surface area contributed by atoms with Gasteiger partial charge in [-0.25, -0.2) is 4.63 Å². The maximum Gasteiger partial charge on any atom is 0.321 e. The van der Waals surface area contributed by atoms with Crippen molar-refractivity contribution >= 4 is 5.97 Å². The van der Waals surface area contributed by atoms with Crippen LogP contribution in [0.1, 0.15) is 30.7 Å². The number of rotatable bonds is 3. The number of hydrogen-bond donors (Lipinski definition) is 1. The first-order valence-corrected chi connectivity index (χ1v) is 6.41. The average molecular weight is 251 g/mol. The molecule has 0 radical (unpaired) electrons. The summed E-state index contributed by atoms with van der Waals surface area (Å²) in [5.74, 6) is 0.132. The van der Waals surface area contributed by atoms with Crippen molar-refractivity contribution in [1.82, 2.24) is 15.2 Å². The molecule has 3 rings (SSSR count). The molecule has 6 nitrogen and oxygen atoms in total. The van der Waals surface area contributed by atoms with E-state index in [2.05, 4.69) is 14.9 Å². The molecule has 1 aliphatic carbocycles. The fraction of sp³-hybridized carbons (Fsp3) is 0.750. The summed E-state index contributed by atoms with van der Waals surface area (Å²) in [5, 5.41) is 17.0. The normalized spacial score (nSPS) is 31.7. The van der Waals surface area contributed by atoms with Crippen LogP contribution in [-0.4, -0.2) is 38.9 Å². The van der Waals surface area contributed by atoms with Gasteiger partial charge in [0.25, 0.3) is 0 Å². The minimum atomic E-state index is -0.710. The summed E-state index contributed by atoms with van der Waals surface area (Å²) in [6, 6.07) is -0.367. The summed E-state index contributed by atoms with van der Waals surface area (Å²) in [5.41, 5.74) is 1.50. The Morgan fingerprint density at radius 3 is 3.00 bits per heavy atom. The Bertz CT molecular complexity index is 459. The number of aromatic nitrogens is 2. The van der Waals surface area contributed by atoms with Gasteiger partial charge in [-0.05, 0) is 31.6 Å². The molecule has 0 spiro atoms. The van der Waals surface area contributed by atoms with Crippen LogP contribution in [0.2, 0.25) is 0 Å². The molecule has 1 aliphatic heterocycles. The minimum absolute atomic E-state index is 0.308. The Labute approximate surface area is 105 Å². The summed E-state index contributed by atoms with van der Waals surface area (Å²) in [4.78, 5) is 13.5.